The molecule has 5 rings (SSSR count). The van der Waals surface area contributed by atoms with Gasteiger partial charge in [-0.2, -0.15) is 5.10 Å². The summed E-state index contributed by atoms with van der Waals surface area (Å²) < 4.78 is 11.5. The van der Waals surface area contributed by atoms with Crippen molar-refractivity contribution in [3.8, 4) is 5.75 Å². The number of carbonyl (C=O) groups is 4. The normalized spacial score (nSPS) is 12.4. The van der Waals surface area contributed by atoms with Crippen LogP contribution in [0.2, 0.25) is 0 Å². The largest absolute Gasteiger partial charge is 0.508 e. The van der Waals surface area contributed by atoms with Crippen molar-refractivity contribution in [1.82, 2.24) is 24.8 Å². The van der Waals surface area contributed by atoms with E-state index in [1.54, 1.807) is 26.0 Å². The van der Waals surface area contributed by atoms with E-state index in [1.165, 1.54) is 41.3 Å². The van der Waals surface area contributed by atoms with Gasteiger partial charge in [0.05, 0.1) is 11.1 Å². The van der Waals surface area contributed by atoms with Gasteiger partial charge in [0.2, 0.25) is 6.79 Å². The van der Waals surface area contributed by atoms with Gasteiger partial charge in [0.15, 0.2) is 5.82 Å². The molecule has 13 heteroatoms. The van der Waals surface area contributed by atoms with Crippen molar-refractivity contribution in [2.75, 3.05) is 18.7 Å². The van der Waals surface area contributed by atoms with E-state index in [0.29, 0.717) is 28.1 Å². The lowest BCUT2D eigenvalue weighted by Gasteiger charge is -2.18. The summed E-state index contributed by atoms with van der Waals surface area (Å²) in [5, 5.41) is 19.8. The molecule has 13 nitrogen and oxygen atoms in total. The van der Waals surface area contributed by atoms with E-state index < -0.39 is 24.8 Å². The van der Waals surface area contributed by atoms with Crippen molar-refractivity contribution >= 4 is 40.9 Å². The maximum atomic E-state index is 13.5. The Morgan fingerprint density at radius 1 is 1.05 bits per heavy atom. The first kappa shape index (κ1) is 29.0. The van der Waals surface area contributed by atoms with Gasteiger partial charge >= 0.3 is 12.1 Å². The number of phenols is 1. The van der Waals surface area contributed by atoms with Gasteiger partial charge in [0.1, 0.15) is 17.6 Å². The summed E-state index contributed by atoms with van der Waals surface area (Å²) in [6, 6.07) is 10.9. The summed E-state index contributed by atoms with van der Waals surface area (Å²) in [4.78, 5) is 56.2. The maximum Gasteiger partial charge on any atom is 0.419 e. The second-order valence-electron chi connectivity index (χ2n) is 10.0. The number of aromatic nitrogens is 3. The molecule has 1 aliphatic rings. The Balaban J connectivity index is 1.31. The Morgan fingerprint density at radius 2 is 1.77 bits per heavy atom. The molecule has 0 atom stereocenters. The molecule has 0 radical (unpaired) electrons. The summed E-state index contributed by atoms with van der Waals surface area (Å²) in [6.45, 7) is 4.49. The highest BCUT2D eigenvalue weighted by molar-refractivity contribution is 6.05. The number of imide groups is 1. The highest BCUT2D eigenvalue weighted by Gasteiger charge is 2.28. The molecule has 0 saturated heterocycles. The monoisotopic (exact) mass is 586 g/mol. The first-order valence-electron chi connectivity index (χ1n) is 13.6. The summed E-state index contributed by atoms with van der Waals surface area (Å²) >= 11 is 0. The van der Waals surface area contributed by atoms with E-state index >= 15 is 0 Å². The average Bonchev–Trinajstić information content (AvgIpc) is 3.74. The van der Waals surface area contributed by atoms with Crippen LogP contribution in [0.25, 0.3) is 5.52 Å². The van der Waals surface area contributed by atoms with Crippen LogP contribution in [0.1, 0.15) is 62.0 Å². The molecule has 1 fully saturated rings. The number of anilines is 2. The van der Waals surface area contributed by atoms with Crippen LogP contribution in [0.5, 0.6) is 5.75 Å². The van der Waals surface area contributed by atoms with Gasteiger partial charge in [-0.25, -0.2) is 24.0 Å². The summed E-state index contributed by atoms with van der Waals surface area (Å²) in [5.74, 6) is -1.16. The number of fused-ring (bicyclic) bond motifs is 1. The zero-order valence-corrected chi connectivity index (χ0v) is 23.8. The lowest BCUT2D eigenvalue weighted by molar-refractivity contribution is -0.0102. The molecule has 0 spiro atoms. The van der Waals surface area contributed by atoms with Crippen molar-refractivity contribution in [3.05, 3.63) is 82.8 Å². The number of aryl methyl sites for hydroxylation is 2. The van der Waals surface area contributed by atoms with Crippen molar-refractivity contribution in [2.24, 2.45) is 0 Å². The number of esters is 1. The minimum absolute atomic E-state index is 0.0130. The molecule has 3 N–H and O–H groups in total. The number of hydrogen-bond acceptors (Lipinski definition) is 10. The first-order chi connectivity index (χ1) is 20.7. The molecule has 0 aliphatic heterocycles. The van der Waals surface area contributed by atoms with Crippen LogP contribution in [0.4, 0.5) is 16.3 Å². The van der Waals surface area contributed by atoms with Crippen LogP contribution >= 0.6 is 0 Å². The zero-order chi connectivity index (χ0) is 30.7. The van der Waals surface area contributed by atoms with Gasteiger partial charge in [0.25, 0.3) is 11.8 Å². The molecule has 2 heterocycles. The Morgan fingerprint density at radius 3 is 2.47 bits per heavy atom. The molecule has 4 aromatic rings. The lowest BCUT2D eigenvalue weighted by Crippen LogP contribution is -2.37. The Bertz CT molecular complexity index is 1710. The van der Waals surface area contributed by atoms with Crippen LogP contribution in [0.3, 0.4) is 0 Å². The quantitative estimate of drug-likeness (QED) is 0.192. The van der Waals surface area contributed by atoms with Crippen LogP contribution in [-0.2, 0) is 9.47 Å². The average molecular weight is 587 g/mol. The van der Waals surface area contributed by atoms with Crippen molar-refractivity contribution in [3.63, 3.8) is 0 Å². The third kappa shape index (κ3) is 6.40. The Labute approximate surface area is 246 Å². The Kier molecular flexibility index (Phi) is 8.23. The summed E-state index contributed by atoms with van der Waals surface area (Å²) in [7, 11) is 0. The molecule has 0 unspecified atom stereocenters. The number of phenolic OH excluding ortho intramolecular Hbond substituents is 1. The van der Waals surface area contributed by atoms with E-state index in [0.717, 1.165) is 23.3 Å². The van der Waals surface area contributed by atoms with E-state index in [-0.39, 0.29) is 35.4 Å². The van der Waals surface area contributed by atoms with E-state index in [4.69, 9.17) is 9.47 Å². The van der Waals surface area contributed by atoms with Crippen molar-refractivity contribution in [1.29, 1.82) is 0 Å². The molecule has 43 heavy (non-hydrogen) atoms. The van der Waals surface area contributed by atoms with Crippen molar-refractivity contribution < 1.29 is 33.8 Å². The van der Waals surface area contributed by atoms with Gasteiger partial charge in [-0.3, -0.25) is 9.59 Å². The van der Waals surface area contributed by atoms with E-state index in [9.17, 15) is 24.3 Å². The number of rotatable bonds is 9. The molecule has 0 bridgehead atoms. The van der Waals surface area contributed by atoms with Crippen LogP contribution in [0.15, 0.2) is 55.0 Å². The second-order valence-corrected chi connectivity index (χ2v) is 10.0. The number of benzene rings is 2. The number of carbonyl (C=O) groups excluding carboxylic acids is 4. The Hall–Kier alpha value is -5.46. The number of aromatic hydroxyl groups is 1. The molecule has 1 aliphatic carbocycles. The zero-order valence-electron chi connectivity index (χ0n) is 23.8. The third-order valence-corrected chi connectivity index (χ3v) is 6.98. The lowest BCUT2D eigenvalue weighted by atomic mass is 10.1. The molecule has 222 valence electrons. The third-order valence-electron chi connectivity index (χ3n) is 6.98. The molecular weight excluding hydrogens is 556 g/mol. The summed E-state index contributed by atoms with van der Waals surface area (Å²) in [6.07, 6.45) is 3.79. The number of hydrogen-bond donors (Lipinski definition) is 3. The fraction of sp³-hybridized carbons (Fsp3) is 0.267. The number of ether oxygens (including phenoxy) is 2. The molecular formula is C30H30N6O7. The predicted octanol–water partition coefficient (Wildman–Crippen LogP) is 4.10. The highest BCUT2D eigenvalue weighted by Crippen LogP contribution is 2.28. The van der Waals surface area contributed by atoms with Gasteiger partial charge < -0.3 is 25.2 Å². The SMILES string of the molecule is CCN(C(=O)OCOC(=O)c1ccc(O)cc1)C(=O)c1cn2ncnc(Nc3cc(C(=O)NC4CC4)ccc3C)c2c1C. The molecule has 3 amide bonds. The number of nitrogens with one attached hydrogen (secondary N) is 2. The van der Waals surface area contributed by atoms with Gasteiger partial charge in [0, 0.05) is 30.0 Å². The highest BCUT2D eigenvalue weighted by atomic mass is 16.7. The van der Waals surface area contributed by atoms with Crippen LogP contribution < -0.4 is 10.6 Å². The topological polar surface area (TPSA) is 164 Å². The maximum absolute atomic E-state index is 13.5. The van der Waals surface area contributed by atoms with E-state index in [2.05, 4.69) is 20.7 Å². The smallest absolute Gasteiger partial charge is 0.419 e. The van der Waals surface area contributed by atoms with Crippen LogP contribution in [-0.4, -0.2) is 67.9 Å². The van der Waals surface area contributed by atoms with Gasteiger partial charge in [-0.15, -0.1) is 0 Å². The molecule has 2 aromatic carbocycles. The minimum Gasteiger partial charge on any atom is -0.508 e. The first-order valence-corrected chi connectivity index (χ1v) is 13.6. The van der Waals surface area contributed by atoms with Gasteiger partial charge in [-0.1, -0.05) is 6.07 Å². The second kappa shape index (κ2) is 12.2. The summed E-state index contributed by atoms with van der Waals surface area (Å²) in [5.41, 5.74) is 3.42. The van der Waals surface area contributed by atoms with Crippen LogP contribution in [0, 0.1) is 13.8 Å². The molecule has 1 saturated carbocycles. The predicted molar refractivity (Wildman–Crippen MR) is 154 cm³/mol. The fourth-order valence-corrected chi connectivity index (χ4v) is 4.38. The van der Waals surface area contributed by atoms with Crippen molar-refractivity contribution in [2.45, 2.75) is 39.7 Å². The van der Waals surface area contributed by atoms with E-state index in [1.807, 2.05) is 13.0 Å². The fourth-order valence-electron chi connectivity index (χ4n) is 4.38. The van der Waals surface area contributed by atoms with Gasteiger partial charge in [-0.05, 0) is 81.1 Å². The minimum atomic E-state index is -0.998. The number of amides is 3. The number of nitrogens with zero attached hydrogens (tertiary/aromatic N) is 4. The molecule has 2 aromatic heterocycles. The standard InChI is InChI=1S/C30H30N6O7/c1-4-35(30(41)43-16-42-29(40)19-7-11-22(37)12-8-19)28(39)23-14-36-25(18(23)3)26(31-15-32-36)34-24-13-20(6-5-17(24)2)27(38)33-21-9-10-21/h5-8,11-15,21,37H,4,9-10,16H2,1-3H3,(H,33,38)(H,31,32,34).